The lowest BCUT2D eigenvalue weighted by Gasteiger charge is -2.14. The van der Waals surface area contributed by atoms with Gasteiger partial charge in [0.25, 0.3) is 5.91 Å². The summed E-state index contributed by atoms with van der Waals surface area (Å²) in [5, 5.41) is 10.3. The van der Waals surface area contributed by atoms with Gasteiger partial charge in [-0.1, -0.05) is 35.9 Å². The van der Waals surface area contributed by atoms with Crippen molar-refractivity contribution in [2.24, 2.45) is 4.99 Å². The molecule has 0 unspecified atom stereocenters. The molecule has 1 amide bonds. The number of ether oxygens (including phenoxy) is 2. The van der Waals surface area contributed by atoms with E-state index in [1.807, 2.05) is 24.3 Å². The molecule has 1 aliphatic heterocycles. The summed E-state index contributed by atoms with van der Waals surface area (Å²) in [6.07, 6.45) is 1.74. The lowest BCUT2D eigenvalue weighted by molar-refractivity contribution is -0.121. The Morgan fingerprint density at radius 3 is 2.69 bits per heavy atom. The number of aliphatic imine (C=N–C) groups is 1. The van der Waals surface area contributed by atoms with Crippen molar-refractivity contribution in [1.29, 1.82) is 0 Å². The summed E-state index contributed by atoms with van der Waals surface area (Å²) >= 11 is 11.0. The average molecular weight is 588 g/mol. The minimum atomic E-state index is -1.04. The summed E-state index contributed by atoms with van der Waals surface area (Å²) in [7, 11) is 3.17. The van der Waals surface area contributed by atoms with Crippen LogP contribution in [-0.4, -0.2) is 41.2 Å². The summed E-state index contributed by atoms with van der Waals surface area (Å²) in [6.45, 7) is 0.261. The van der Waals surface area contributed by atoms with E-state index < -0.39 is 5.97 Å². The molecule has 0 spiro atoms. The number of nitrogens with zero attached hydrogens (tertiary/aromatic N) is 2. The van der Waals surface area contributed by atoms with Crippen molar-refractivity contribution >= 4 is 68.1 Å². The quantitative estimate of drug-likeness (QED) is 0.313. The van der Waals surface area contributed by atoms with Gasteiger partial charge in [0.05, 0.1) is 27.7 Å². The predicted octanol–water partition coefficient (Wildman–Crippen LogP) is 6.62. The summed E-state index contributed by atoms with van der Waals surface area (Å²) in [5.41, 5.74) is 2.14. The zero-order valence-corrected chi connectivity index (χ0v) is 22.4. The first-order chi connectivity index (χ1) is 17.3. The Kier molecular flexibility index (Phi) is 8.03. The van der Waals surface area contributed by atoms with E-state index in [-0.39, 0.29) is 18.1 Å². The number of amides is 1. The molecule has 0 saturated carbocycles. The van der Waals surface area contributed by atoms with Gasteiger partial charge < -0.3 is 14.6 Å². The van der Waals surface area contributed by atoms with Crippen LogP contribution in [0.15, 0.2) is 75.0 Å². The largest absolute Gasteiger partial charge is 0.493 e. The van der Waals surface area contributed by atoms with Crippen molar-refractivity contribution in [1.82, 2.24) is 4.90 Å². The molecule has 1 heterocycles. The van der Waals surface area contributed by atoms with Crippen LogP contribution in [0.5, 0.6) is 11.5 Å². The van der Waals surface area contributed by atoms with E-state index in [1.165, 1.54) is 28.8 Å². The molecule has 0 radical (unpaired) electrons. The summed E-state index contributed by atoms with van der Waals surface area (Å²) in [5.74, 6) is -0.253. The number of carbonyl (C=O) groups excluding carboxylic acids is 1. The van der Waals surface area contributed by atoms with Crippen molar-refractivity contribution in [3.8, 4) is 11.5 Å². The van der Waals surface area contributed by atoms with E-state index in [9.17, 15) is 14.7 Å². The molecule has 3 aromatic rings. The van der Waals surface area contributed by atoms with Crippen molar-refractivity contribution < 1.29 is 24.2 Å². The van der Waals surface area contributed by atoms with Crippen LogP contribution in [0.1, 0.15) is 21.5 Å². The van der Waals surface area contributed by atoms with Crippen LogP contribution < -0.4 is 9.47 Å². The predicted molar refractivity (Wildman–Crippen MR) is 145 cm³/mol. The van der Waals surface area contributed by atoms with Gasteiger partial charge in [-0.15, -0.1) is 0 Å². The minimum Gasteiger partial charge on any atom is -0.493 e. The molecule has 7 nitrogen and oxygen atoms in total. The number of thioether (sulfide) groups is 1. The van der Waals surface area contributed by atoms with Gasteiger partial charge in [0.15, 0.2) is 16.7 Å². The summed E-state index contributed by atoms with van der Waals surface area (Å²) in [4.78, 5) is 30.5. The topological polar surface area (TPSA) is 88.4 Å². The number of rotatable bonds is 7. The number of benzene rings is 3. The van der Waals surface area contributed by atoms with Crippen LogP contribution >= 0.6 is 39.3 Å². The number of hydrogen-bond acceptors (Lipinski definition) is 6. The number of methoxy groups -OCH3 is 1. The molecule has 1 N–H and O–H groups in total. The number of amidine groups is 1. The van der Waals surface area contributed by atoms with E-state index in [4.69, 9.17) is 21.1 Å². The Morgan fingerprint density at radius 2 is 1.97 bits per heavy atom. The lowest BCUT2D eigenvalue weighted by Crippen LogP contribution is -2.23. The van der Waals surface area contributed by atoms with E-state index in [1.54, 1.807) is 44.5 Å². The number of halogens is 2. The van der Waals surface area contributed by atoms with Crippen LogP contribution in [0.2, 0.25) is 5.02 Å². The molecular weight excluding hydrogens is 568 g/mol. The Labute approximate surface area is 225 Å². The number of carboxylic acid groups (broad SMARTS) is 1. The molecule has 1 aliphatic rings. The molecule has 184 valence electrons. The van der Waals surface area contributed by atoms with Crippen molar-refractivity contribution in [2.45, 2.75) is 6.61 Å². The fourth-order valence-corrected chi connectivity index (χ4v) is 5.10. The molecule has 0 aromatic heterocycles. The maximum absolute atomic E-state index is 12.9. The van der Waals surface area contributed by atoms with Gasteiger partial charge in [0.2, 0.25) is 0 Å². The van der Waals surface area contributed by atoms with Crippen molar-refractivity contribution in [3.63, 3.8) is 0 Å². The van der Waals surface area contributed by atoms with Gasteiger partial charge in [-0.3, -0.25) is 9.69 Å². The SMILES string of the molecule is COc1cc(/C=C2\SC(=Nc3cccc(C(=O)O)c3)N(C)C2=O)cc(Br)c1OCc1ccccc1Cl. The summed E-state index contributed by atoms with van der Waals surface area (Å²) in [6, 6.07) is 17.3. The minimum absolute atomic E-state index is 0.124. The molecule has 1 saturated heterocycles. The fraction of sp³-hybridized carbons (Fsp3) is 0.115. The van der Waals surface area contributed by atoms with Gasteiger partial charge >= 0.3 is 5.97 Å². The van der Waals surface area contributed by atoms with Gasteiger partial charge in [-0.2, -0.15) is 0 Å². The van der Waals surface area contributed by atoms with Gasteiger partial charge in [-0.05, 0) is 75.7 Å². The van der Waals surface area contributed by atoms with Crippen LogP contribution in [0.3, 0.4) is 0 Å². The van der Waals surface area contributed by atoms with Crippen LogP contribution in [0.25, 0.3) is 6.08 Å². The highest BCUT2D eigenvalue weighted by Crippen LogP contribution is 2.40. The maximum atomic E-state index is 12.9. The number of likely N-dealkylation sites (N-methyl/N-ethyl adjacent to an activating group) is 1. The average Bonchev–Trinajstić information content (AvgIpc) is 3.11. The standard InChI is InChI=1S/C26H20BrClN2O5S/c1-30-24(31)22(36-26(30)29-18-8-5-7-16(13-18)25(32)33)12-15-10-19(27)23(21(11-15)34-2)35-14-17-6-3-4-9-20(17)28/h3-13H,14H2,1-2H3,(H,32,33)/b22-12-,29-26?. The first-order valence-corrected chi connectivity index (χ1v) is 12.6. The van der Waals surface area contributed by atoms with Crippen LogP contribution in [0, 0.1) is 0 Å². The molecular formula is C26H20BrClN2O5S. The third-order valence-corrected chi connectivity index (χ3v) is 7.22. The number of hydrogen-bond donors (Lipinski definition) is 1. The molecule has 36 heavy (non-hydrogen) atoms. The second-order valence-corrected chi connectivity index (χ2v) is 9.91. The highest BCUT2D eigenvalue weighted by atomic mass is 79.9. The molecule has 10 heteroatoms. The second kappa shape index (κ2) is 11.2. The van der Waals surface area contributed by atoms with Gasteiger partial charge in [-0.25, -0.2) is 9.79 Å². The number of carbonyl (C=O) groups is 2. The molecule has 4 rings (SSSR count). The molecule has 3 aromatic carbocycles. The van der Waals surface area contributed by atoms with E-state index in [0.717, 1.165) is 11.1 Å². The Bertz CT molecular complexity index is 1410. The van der Waals surface area contributed by atoms with E-state index in [2.05, 4.69) is 20.9 Å². The third kappa shape index (κ3) is 5.75. The first kappa shape index (κ1) is 25.8. The van der Waals surface area contributed by atoms with Crippen molar-refractivity contribution in [2.75, 3.05) is 14.2 Å². The maximum Gasteiger partial charge on any atom is 0.335 e. The Morgan fingerprint density at radius 1 is 1.19 bits per heavy atom. The molecule has 1 fully saturated rings. The zero-order chi connectivity index (χ0) is 25.8. The monoisotopic (exact) mass is 586 g/mol. The molecule has 0 aliphatic carbocycles. The van der Waals surface area contributed by atoms with Gasteiger partial charge in [0.1, 0.15) is 6.61 Å². The highest BCUT2D eigenvalue weighted by molar-refractivity contribution is 9.10. The van der Waals surface area contributed by atoms with E-state index >= 15 is 0 Å². The zero-order valence-electron chi connectivity index (χ0n) is 19.2. The smallest absolute Gasteiger partial charge is 0.335 e. The summed E-state index contributed by atoms with van der Waals surface area (Å²) < 4.78 is 12.2. The molecule has 0 atom stereocenters. The lowest BCUT2D eigenvalue weighted by atomic mass is 10.1. The highest BCUT2D eigenvalue weighted by Gasteiger charge is 2.30. The van der Waals surface area contributed by atoms with Crippen LogP contribution in [0.4, 0.5) is 5.69 Å². The number of carboxylic acids is 1. The van der Waals surface area contributed by atoms with Gasteiger partial charge in [0, 0.05) is 17.6 Å². The first-order valence-electron chi connectivity index (χ1n) is 10.6. The fourth-order valence-electron chi connectivity index (χ4n) is 3.35. The Hall–Kier alpha value is -3.27. The number of aromatic carboxylic acids is 1. The van der Waals surface area contributed by atoms with E-state index in [0.29, 0.717) is 36.8 Å². The van der Waals surface area contributed by atoms with Crippen molar-refractivity contribution in [3.05, 3.63) is 91.8 Å². The normalized spacial score (nSPS) is 15.6. The second-order valence-electron chi connectivity index (χ2n) is 7.64. The van der Waals surface area contributed by atoms with Crippen LogP contribution in [-0.2, 0) is 11.4 Å². The third-order valence-electron chi connectivity index (χ3n) is 5.20. The molecule has 0 bridgehead atoms. The Balaban J connectivity index is 1.58.